The standard InChI is InChI=1S/C17H14O2/c1-13-7-3-4-8-14(13)11-12-16(18)15-9-5-6-10-17(15)19-2/h3-10H,1-2H3. The minimum atomic E-state index is -0.235. The van der Waals surface area contributed by atoms with E-state index in [4.69, 9.17) is 4.74 Å². The molecule has 0 unspecified atom stereocenters. The minimum Gasteiger partial charge on any atom is -0.496 e. The van der Waals surface area contributed by atoms with Crippen molar-refractivity contribution in [2.24, 2.45) is 0 Å². The highest BCUT2D eigenvalue weighted by Crippen LogP contribution is 2.17. The summed E-state index contributed by atoms with van der Waals surface area (Å²) >= 11 is 0. The lowest BCUT2D eigenvalue weighted by molar-refractivity contribution is 0.105. The van der Waals surface area contributed by atoms with Gasteiger partial charge in [0.1, 0.15) is 5.75 Å². The molecule has 0 aliphatic carbocycles. The predicted molar refractivity (Wildman–Crippen MR) is 75.4 cm³/mol. The Labute approximate surface area is 113 Å². The summed E-state index contributed by atoms with van der Waals surface area (Å²) in [6, 6.07) is 14.8. The molecule has 0 aliphatic rings. The number of methoxy groups -OCH3 is 1. The van der Waals surface area contributed by atoms with Gasteiger partial charge in [-0.3, -0.25) is 4.79 Å². The quantitative estimate of drug-likeness (QED) is 0.604. The number of aryl methyl sites for hydroxylation is 1. The fourth-order valence-electron chi connectivity index (χ4n) is 1.74. The van der Waals surface area contributed by atoms with Crippen molar-refractivity contribution < 1.29 is 9.53 Å². The summed E-state index contributed by atoms with van der Waals surface area (Å²) in [5, 5.41) is 0. The van der Waals surface area contributed by atoms with E-state index in [2.05, 4.69) is 11.8 Å². The summed E-state index contributed by atoms with van der Waals surface area (Å²) in [5.74, 6) is 5.88. The first-order valence-electron chi connectivity index (χ1n) is 5.97. The maximum absolute atomic E-state index is 12.1. The van der Waals surface area contributed by atoms with Crippen molar-refractivity contribution >= 4 is 5.78 Å². The molecular weight excluding hydrogens is 236 g/mol. The highest BCUT2D eigenvalue weighted by atomic mass is 16.5. The molecule has 0 aliphatic heterocycles. The molecule has 2 aromatic carbocycles. The zero-order valence-corrected chi connectivity index (χ0v) is 10.9. The molecule has 0 fully saturated rings. The van der Waals surface area contributed by atoms with E-state index in [-0.39, 0.29) is 5.78 Å². The molecule has 0 atom stereocenters. The normalized spacial score (nSPS) is 9.37. The monoisotopic (exact) mass is 250 g/mol. The fourth-order valence-corrected chi connectivity index (χ4v) is 1.74. The van der Waals surface area contributed by atoms with Gasteiger partial charge in [0.15, 0.2) is 0 Å². The second-order valence-corrected chi connectivity index (χ2v) is 4.09. The van der Waals surface area contributed by atoms with Crippen LogP contribution in [0.4, 0.5) is 0 Å². The largest absolute Gasteiger partial charge is 0.496 e. The molecular formula is C17H14O2. The van der Waals surface area contributed by atoms with Crippen LogP contribution in [0.1, 0.15) is 21.5 Å². The minimum absolute atomic E-state index is 0.235. The highest BCUT2D eigenvalue weighted by Gasteiger charge is 2.08. The van der Waals surface area contributed by atoms with Crippen LogP contribution < -0.4 is 4.74 Å². The number of rotatable bonds is 2. The molecule has 0 bridgehead atoms. The summed E-state index contributed by atoms with van der Waals surface area (Å²) in [4.78, 5) is 12.1. The number of hydrogen-bond acceptors (Lipinski definition) is 2. The summed E-state index contributed by atoms with van der Waals surface area (Å²) in [7, 11) is 1.54. The average Bonchev–Trinajstić information content (AvgIpc) is 2.46. The van der Waals surface area contributed by atoms with E-state index in [1.165, 1.54) is 0 Å². The van der Waals surface area contributed by atoms with Gasteiger partial charge >= 0.3 is 0 Å². The average molecular weight is 250 g/mol. The van der Waals surface area contributed by atoms with Crippen LogP contribution >= 0.6 is 0 Å². The lowest BCUT2D eigenvalue weighted by Crippen LogP contribution is -1.99. The number of ketones is 1. The van der Waals surface area contributed by atoms with Crippen molar-refractivity contribution in [1.82, 2.24) is 0 Å². The molecule has 2 nitrogen and oxygen atoms in total. The van der Waals surface area contributed by atoms with E-state index in [0.717, 1.165) is 11.1 Å². The second-order valence-electron chi connectivity index (χ2n) is 4.09. The molecule has 0 heterocycles. The fraction of sp³-hybridized carbons (Fsp3) is 0.118. The van der Waals surface area contributed by atoms with Gasteiger partial charge in [0, 0.05) is 5.56 Å². The zero-order valence-electron chi connectivity index (χ0n) is 10.9. The SMILES string of the molecule is COc1ccccc1C(=O)C#Cc1ccccc1C. The van der Waals surface area contributed by atoms with Crippen molar-refractivity contribution in [2.75, 3.05) is 7.11 Å². The van der Waals surface area contributed by atoms with Crippen molar-refractivity contribution in [3.63, 3.8) is 0 Å². The van der Waals surface area contributed by atoms with Crippen LogP contribution in [0.3, 0.4) is 0 Å². The van der Waals surface area contributed by atoms with Crippen molar-refractivity contribution in [3.05, 3.63) is 65.2 Å². The third-order valence-electron chi connectivity index (χ3n) is 2.81. The zero-order chi connectivity index (χ0) is 13.7. The molecule has 19 heavy (non-hydrogen) atoms. The Morgan fingerprint density at radius 3 is 2.47 bits per heavy atom. The maximum atomic E-state index is 12.1. The lowest BCUT2D eigenvalue weighted by Gasteiger charge is -2.03. The van der Waals surface area contributed by atoms with Crippen LogP contribution in [-0.4, -0.2) is 12.9 Å². The number of carbonyl (C=O) groups is 1. The van der Waals surface area contributed by atoms with Gasteiger partial charge in [-0.15, -0.1) is 0 Å². The molecule has 2 rings (SSSR count). The Morgan fingerprint density at radius 1 is 1.05 bits per heavy atom. The van der Waals surface area contributed by atoms with E-state index < -0.39 is 0 Å². The topological polar surface area (TPSA) is 26.3 Å². The van der Waals surface area contributed by atoms with E-state index in [1.807, 2.05) is 37.3 Å². The summed E-state index contributed by atoms with van der Waals surface area (Å²) in [5.41, 5.74) is 2.42. The van der Waals surface area contributed by atoms with Gasteiger partial charge in [-0.25, -0.2) is 0 Å². The third kappa shape index (κ3) is 3.02. The molecule has 0 aromatic heterocycles. The highest BCUT2D eigenvalue weighted by molar-refractivity contribution is 6.11. The third-order valence-corrected chi connectivity index (χ3v) is 2.81. The van der Waals surface area contributed by atoms with Crippen LogP contribution in [0.5, 0.6) is 5.75 Å². The Kier molecular flexibility index (Phi) is 4.00. The van der Waals surface area contributed by atoms with Crippen molar-refractivity contribution in [3.8, 4) is 17.6 Å². The number of para-hydroxylation sites is 1. The van der Waals surface area contributed by atoms with E-state index in [9.17, 15) is 4.79 Å². The predicted octanol–water partition coefficient (Wildman–Crippen LogP) is 3.24. The van der Waals surface area contributed by atoms with Gasteiger partial charge in [-0.1, -0.05) is 36.3 Å². The number of hydrogen-bond donors (Lipinski definition) is 0. The van der Waals surface area contributed by atoms with E-state index in [0.29, 0.717) is 11.3 Å². The van der Waals surface area contributed by atoms with Crippen LogP contribution in [0.25, 0.3) is 0 Å². The smallest absolute Gasteiger partial charge is 0.239 e. The van der Waals surface area contributed by atoms with Crippen LogP contribution in [0.2, 0.25) is 0 Å². The Hall–Kier alpha value is -2.53. The van der Waals surface area contributed by atoms with Crippen LogP contribution in [0, 0.1) is 18.8 Å². The summed E-state index contributed by atoms with van der Waals surface area (Å²) in [6.45, 7) is 1.97. The Balaban J connectivity index is 2.30. The number of benzene rings is 2. The van der Waals surface area contributed by atoms with E-state index in [1.54, 1.807) is 25.3 Å². The molecule has 0 spiro atoms. The first-order valence-corrected chi connectivity index (χ1v) is 5.97. The molecule has 0 radical (unpaired) electrons. The molecule has 0 saturated heterocycles. The number of carbonyl (C=O) groups excluding carboxylic acids is 1. The second kappa shape index (κ2) is 5.88. The lowest BCUT2D eigenvalue weighted by atomic mass is 10.1. The van der Waals surface area contributed by atoms with Gasteiger partial charge in [0.05, 0.1) is 12.7 Å². The molecule has 0 amide bonds. The van der Waals surface area contributed by atoms with E-state index >= 15 is 0 Å². The molecule has 0 N–H and O–H groups in total. The first kappa shape index (κ1) is 12.9. The van der Waals surface area contributed by atoms with Gasteiger partial charge in [-0.05, 0) is 36.6 Å². The first-order chi connectivity index (χ1) is 9.22. The molecule has 2 aromatic rings. The van der Waals surface area contributed by atoms with Gasteiger partial charge in [-0.2, -0.15) is 0 Å². The molecule has 2 heteroatoms. The summed E-state index contributed by atoms with van der Waals surface area (Å²) in [6.07, 6.45) is 0. The van der Waals surface area contributed by atoms with Gasteiger partial charge in [0.25, 0.3) is 0 Å². The molecule has 0 saturated carbocycles. The Bertz CT molecular complexity index is 660. The van der Waals surface area contributed by atoms with Gasteiger partial charge < -0.3 is 4.74 Å². The number of Topliss-reactive ketones (excluding diaryl/α,β-unsaturated/α-hetero) is 1. The maximum Gasteiger partial charge on any atom is 0.239 e. The van der Waals surface area contributed by atoms with Crippen molar-refractivity contribution in [2.45, 2.75) is 6.92 Å². The Morgan fingerprint density at radius 2 is 1.74 bits per heavy atom. The van der Waals surface area contributed by atoms with Crippen molar-refractivity contribution in [1.29, 1.82) is 0 Å². The molecule has 94 valence electrons. The van der Waals surface area contributed by atoms with Gasteiger partial charge in [0.2, 0.25) is 5.78 Å². The summed E-state index contributed by atoms with van der Waals surface area (Å²) < 4.78 is 5.15. The number of ether oxygens (including phenoxy) is 1. The van der Waals surface area contributed by atoms with Crippen LogP contribution in [0.15, 0.2) is 48.5 Å². The van der Waals surface area contributed by atoms with Crippen LogP contribution in [-0.2, 0) is 0 Å².